The fourth-order valence-electron chi connectivity index (χ4n) is 3.00. The zero-order chi connectivity index (χ0) is 19.2. The van der Waals surface area contributed by atoms with Crippen LogP contribution in [0.3, 0.4) is 0 Å². The first-order valence-electron chi connectivity index (χ1n) is 8.92. The first-order chi connectivity index (χ1) is 13.0. The van der Waals surface area contributed by atoms with E-state index in [0.29, 0.717) is 18.0 Å². The van der Waals surface area contributed by atoms with Gasteiger partial charge >= 0.3 is 5.97 Å². The van der Waals surface area contributed by atoms with Gasteiger partial charge in [0.25, 0.3) is 0 Å². The molecule has 0 saturated carbocycles. The number of amides is 1. The number of hydrogen-bond acceptors (Lipinski definition) is 5. The number of aryl methyl sites for hydroxylation is 2. The van der Waals surface area contributed by atoms with Gasteiger partial charge in [-0.3, -0.25) is 14.5 Å². The molecular formula is C21H23NO5. The Morgan fingerprint density at radius 2 is 1.85 bits per heavy atom. The third-order valence-electron chi connectivity index (χ3n) is 4.13. The minimum atomic E-state index is -0.482. The third kappa shape index (κ3) is 5.00. The molecule has 1 heterocycles. The normalized spacial score (nSPS) is 13.4. The lowest BCUT2D eigenvalue weighted by Gasteiger charge is -2.20. The molecule has 6 heteroatoms. The van der Waals surface area contributed by atoms with Crippen molar-refractivity contribution >= 4 is 17.6 Å². The lowest BCUT2D eigenvalue weighted by Crippen LogP contribution is -2.36. The fraction of sp³-hybridized carbons (Fsp3) is 0.333. The summed E-state index contributed by atoms with van der Waals surface area (Å²) in [6.07, 6.45) is 0.220. The van der Waals surface area contributed by atoms with Crippen LogP contribution in [0.5, 0.6) is 11.5 Å². The van der Waals surface area contributed by atoms with Crippen molar-refractivity contribution in [1.82, 2.24) is 0 Å². The van der Waals surface area contributed by atoms with E-state index in [2.05, 4.69) is 6.07 Å². The van der Waals surface area contributed by atoms with Crippen molar-refractivity contribution in [1.29, 1.82) is 0 Å². The maximum Gasteiger partial charge on any atom is 0.326 e. The van der Waals surface area contributed by atoms with Crippen molar-refractivity contribution in [3.05, 3.63) is 53.6 Å². The van der Waals surface area contributed by atoms with Gasteiger partial charge in [0.05, 0.1) is 18.7 Å². The summed E-state index contributed by atoms with van der Waals surface area (Å²) in [6.45, 7) is 4.52. The number of fused-ring (bicyclic) bond motifs is 1. The second-order valence-corrected chi connectivity index (χ2v) is 6.44. The van der Waals surface area contributed by atoms with Gasteiger partial charge in [-0.25, -0.2) is 0 Å². The van der Waals surface area contributed by atoms with Crippen LogP contribution >= 0.6 is 0 Å². The van der Waals surface area contributed by atoms with Crippen LogP contribution < -0.4 is 14.4 Å². The lowest BCUT2D eigenvalue weighted by atomic mass is 10.1. The Morgan fingerprint density at radius 1 is 1.11 bits per heavy atom. The molecule has 0 saturated heterocycles. The SMILES string of the molecule is Cc1cc(C)cc(OCCOC(=O)CN2C(=O)CCOc3ccccc32)c1. The molecule has 0 spiro atoms. The summed E-state index contributed by atoms with van der Waals surface area (Å²) >= 11 is 0. The molecule has 1 aliphatic rings. The highest BCUT2D eigenvalue weighted by Crippen LogP contribution is 2.30. The molecule has 3 rings (SSSR count). The number of esters is 1. The highest BCUT2D eigenvalue weighted by atomic mass is 16.6. The minimum absolute atomic E-state index is 0.117. The molecule has 1 amide bonds. The number of ether oxygens (including phenoxy) is 3. The predicted molar refractivity (Wildman–Crippen MR) is 101 cm³/mol. The molecular weight excluding hydrogens is 346 g/mol. The second kappa shape index (κ2) is 8.58. The standard InChI is InChI=1S/C21H23NO5/c1-15-11-16(2)13-17(12-15)25-9-10-27-21(24)14-22-18-5-3-4-6-19(18)26-8-7-20(22)23/h3-6,11-13H,7-10,14H2,1-2H3. The van der Waals surface area contributed by atoms with Gasteiger partial charge in [0.1, 0.15) is 31.3 Å². The van der Waals surface area contributed by atoms with Gasteiger partial charge in [0.2, 0.25) is 5.91 Å². The van der Waals surface area contributed by atoms with Crippen LogP contribution in [-0.2, 0) is 14.3 Å². The molecule has 2 aromatic carbocycles. The predicted octanol–water partition coefficient (Wildman–Crippen LogP) is 3.04. The fourth-order valence-corrected chi connectivity index (χ4v) is 3.00. The summed E-state index contributed by atoms with van der Waals surface area (Å²) < 4.78 is 16.4. The van der Waals surface area contributed by atoms with E-state index >= 15 is 0 Å². The summed E-state index contributed by atoms with van der Waals surface area (Å²) in [7, 11) is 0. The van der Waals surface area contributed by atoms with Gasteiger partial charge in [-0.05, 0) is 49.2 Å². The molecule has 27 heavy (non-hydrogen) atoms. The van der Waals surface area contributed by atoms with Gasteiger partial charge in [-0.15, -0.1) is 0 Å². The monoisotopic (exact) mass is 369 g/mol. The maximum absolute atomic E-state index is 12.3. The van der Waals surface area contributed by atoms with Crippen LogP contribution in [0.4, 0.5) is 5.69 Å². The molecule has 0 unspecified atom stereocenters. The average molecular weight is 369 g/mol. The molecule has 0 N–H and O–H groups in total. The Labute approximate surface area is 158 Å². The quantitative estimate of drug-likeness (QED) is 0.578. The Bertz CT molecular complexity index is 813. The molecule has 0 fully saturated rings. The smallest absolute Gasteiger partial charge is 0.326 e. The Balaban J connectivity index is 1.52. The van der Waals surface area contributed by atoms with Crippen molar-refractivity contribution in [2.75, 3.05) is 31.3 Å². The van der Waals surface area contributed by atoms with Crippen LogP contribution in [0, 0.1) is 13.8 Å². The number of nitrogens with zero attached hydrogens (tertiary/aromatic N) is 1. The molecule has 0 aromatic heterocycles. The van der Waals surface area contributed by atoms with Crippen LogP contribution in [0.1, 0.15) is 17.5 Å². The third-order valence-corrected chi connectivity index (χ3v) is 4.13. The number of hydrogen-bond donors (Lipinski definition) is 0. The number of carbonyl (C=O) groups is 2. The first kappa shape index (κ1) is 18.8. The van der Waals surface area contributed by atoms with Crippen molar-refractivity contribution in [2.45, 2.75) is 20.3 Å². The van der Waals surface area contributed by atoms with Gasteiger partial charge in [0.15, 0.2) is 0 Å². The van der Waals surface area contributed by atoms with Gasteiger partial charge in [-0.2, -0.15) is 0 Å². The van der Waals surface area contributed by atoms with E-state index in [1.807, 2.05) is 32.0 Å². The zero-order valence-corrected chi connectivity index (χ0v) is 15.6. The van der Waals surface area contributed by atoms with E-state index in [9.17, 15) is 9.59 Å². The van der Waals surface area contributed by atoms with Crippen molar-refractivity contribution < 1.29 is 23.8 Å². The van der Waals surface area contributed by atoms with Gasteiger partial charge in [0, 0.05) is 0 Å². The summed E-state index contributed by atoms with van der Waals surface area (Å²) in [4.78, 5) is 25.9. The molecule has 0 bridgehead atoms. The van der Waals surface area contributed by atoms with E-state index in [1.165, 1.54) is 4.90 Å². The summed E-state index contributed by atoms with van der Waals surface area (Å²) in [5, 5.41) is 0. The van der Waals surface area contributed by atoms with E-state index in [0.717, 1.165) is 16.9 Å². The van der Waals surface area contributed by atoms with Gasteiger partial charge in [-0.1, -0.05) is 18.2 Å². The largest absolute Gasteiger partial charge is 0.491 e. The van der Waals surface area contributed by atoms with Crippen LogP contribution in [0.2, 0.25) is 0 Å². The second-order valence-electron chi connectivity index (χ2n) is 6.44. The number of carbonyl (C=O) groups excluding carboxylic acids is 2. The Morgan fingerprint density at radius 3 is 2.63 bits per heavy atom. The molecule has 6 nitrogen and oxygen atoms in total. The average Bonchev–Trinajstić information content (AvgIpc) is 2.77. The van der Waals surface area contributed by atoms with E-state index < -0.39 is 5.97 Å². The van der Waals surface area contributed by atoms with Gasteiger partial charge < -0.3 is 14.2 Å². The Hall–Kier alpha value is -3.02. The van der Waals surface area contributed by atoms with Crippen molar-refractivity contribution in [2.24, 2.45) is 0 Å². The van der Waals surface area contributed by atoms with Crippen LogP contribution in [-0.4, -0.2) is 38.2 Å². The maximum atomic E-state index is 12.3. The molecule has 1 aliphatic heterocycles. The molecule has 2 aromatic rings. The number of anilines is 1. The van der Waals surface area contributed by atoms with Crippen molar-refractivity contribution in [3.8, 4) is 11.5 Å². The highest BCUT2D eigenvalue weighted by Gasteiger charge is 2.25. The number of para-hydroxylation sites is 2. The van der Waals surface area contributed by atoms with E-state index in [4.69, 9.17) is 14.2 Å². The molecule has 0 radical (unpaired) electrons. The van der Waals surface area contributed by atoms with E-state index in [1.54, 1.807) is 18.2 Å². The first-order valence-corrected chi connectivity index (χ1v) is 8.92. The summed E-state index contributed by atoms with van der Waals surface area (Å²) in [5.41, 5.74) is 2.81. The van der Waals surface area contributed by atoms with Crippen LogP contribution in [0.15, 0.2) is 42.5 Å². The Kier molecular flexibility index (Phi) is 5.96. The molecule has 142 valence electrons. The van der Waals surface area contributed by atoms with E-state index in [-0.39, 0.29) is 32.1 Å². The number of benzene rings is 2. The highest BCUT2D eigenvalue weighted by molar-refractivity contribution is 5.99. The minimum Gasteiger partial charge on any atom is -0.491 e. The number of rotatable bonds is 6. The molecule has 0 aliphatic carbocycles. The summed E-state index contributed by atoms with van der Waals surface area (Å²) in [5.74, 6) is 0.694. The topological polar surface area (TPSA) is 65.1 Å². The van der Waals surface area contributed by atoms with Crippen molar-refractivity contribution in [3.63, 3.8) is 0 Å². The molecule has 0 atom stereocenters. The van der Waals surface area contributed by atoms with Crippen LogP contribution in [0.25, 0.3) is 0 Å². The zero-order valence-electron chi connectivity index (χ0n) is 15.6. The summed E-state index contributed by atoms with van der Waals surface area (Å²) in [6, 6.07) is 13.1. The lowest BCUT2D eigenvalue weighted by molar-refractivity contribution is -0.143.